The zero-order valence-corrected chi connectivity index (χ0v) is 48.5. The van der Waals surface area contributed by atoms with Crippen molar-refractivity contribution in [2.24, 2.45) is 23.7 Å². The lowest BCUT2D eigenvalue weighted by atomic mass is 9.67. The van der Waals surface area contributed by atoms with E-state index in [1.54, 1.807) is 22.3 Å². The highest BCUT2D eigenvalue weighted by atomic mass is 28.3. The number of allylic oxidation sites excluding steroid dienone is 4. The molecule has 4 aliphatic rings. The largest absolute Gasteiger partial charge is 0.316 e. The minimum absolute atomic E-state index is 0.201. The smallest absolute Gasteiger partial charge is 0.127 e. The van der Waals surface area contributed by atoms with Crippen molar-refractivity contribution in [3.05, 3.63) is 53.1 Å². The van der Waals surface area contributed by atoms with E-state index in [-0.39, 0.29) is 11.0 Å². The van der Waals surface area contributed by atoms with E-state index in [1.165, 1.54) is 250 Å². The number of fused-ring (bicyclic) bond motifs is 4. The molecular weight excluding hydrogens is 835 g/mol. The van der Waals surface area contributed by atoms with Crippen LogP contribution < -0.4 is 0 Å². The van der Waals surface area contributed by atoms with Crippen molar-refractivity contribution in [3.63, 3.8) is 0 Å². The molecule has 2 fully saturated rings. The molecule has 0 saturated heterocycles. The maximum Gasteiger partial charge on any atom is 0.127 e. The molecule has 2 saturated carbocycles. The number of nitrogens with zero attached hydrogens (tertiary/aromatic N) is 1. The molecule has 5 atom stereocenters. The van der Waals surface area contributed by atoms with Gasteiger partial charge in [0.05, 0.1) is 0 Å². The fourth-order valence-electron chi connectivity index (χ4n) is 15.7. The van der Waals surface area contributed by atoms with Crippen LogP contribution in [0.3, 0.4) is 0 Å². The maximum absolute atomic E-state index is 3.20. The molecule has 0 amide bonds. The van der Waals surface area contributed by atoms with Crippen molar-refractivity contribution in [3.8, 4) is 0 Å². The van der Waals surface area contributed by atoms with Crippen molar-refractivity contribution < 1.29 is 0 Å². The van der Waals surface area contributed by atoms with Gasteiger partial charge in [0.1, 0.15) is 8.24 Å². The van der Waals surface area contributed by atoms with Crippen LogP contribution in [0.5, 0.6) is 0 Å². The van der Waals surface area contributed by atoms with E-state index in [0.717, 1.165) is 23.4 Å². The van der Waals surface area contributed by atoms with Gasteiger partial charge >= 0.3 is 0 Å². The average Bonchev–Trinajstić information content (AvgIpc) is 3.73. The van der Waals surface area contributed by atoms with Gasteiger partial charge in [-0.25, -0.2) is 0 Å². The highest BCUT2D eigenvalue weighted by Gasteiger charge is 2.58. The van der Waals surface area contributed by atoms with Crippen molar-refractivity contribution in [2.45, 2.75) is 335 Å². The first kappa shape index (κ1) is 57.8. The summed E-state index contributed by atoms with van der Waals surface area (Å²) in [6.07, 6.45) is 62.1. The maximum atomic E-state index is 3.20. The van der Waals surface area contributed by atoms with Gasteiger partial charge in [0, 0.05) is 17.0 Å². The second kappa shape index (κ2) is 30.8. The molecule has 0 aliphatic heterocycles. The van der Waals surface area contributed by atoms with Crippen molar-refractivity contribution >= 4 is 13.8 Å². The van der Waals surface area contributed by atoms with E-state index in [9.17, 15) is 0 Å². The third-order valence-corrected chi connectivity index (χ3v) is 24.0. The molecule has 0 heterocycles. The monoisotopic (exact) mass is 952 g/mol. The summed E-state index contributed by atoms with van der Waals surface area (Å²) < 4.78 is 3.20. The molecule has 1 nitrogen and oxygen atoms in total. The second-order valence-corrected chi connectivity index (χ2v) is 30.2. The molecule has 5 unspecified atom stereocenters. The molecule has 390 valence electrons. The molecule has 2 heteroatoms. The van der Waals surface area contributed by atoms with Crippen LogP contribution in [-0.4, -0.2) is 24.4 Å². The molecule has 0 radical (unpaired) electrons. The first-order valence-corrected chi connectivity index (χ1v) is 34.3. The predicted molar refractivity (Wildman–Crippen MR) is 308 cm³/mol. The van der Waals surface area contributed by atoms with Crippen molar-refractivity contribution in [1.29, 1.82) is 0 Å². The van der Waals surface area contributed by atoms with Crippen molar-refractivity contribution in [1.82, 2.24) is 4.57 Å². The lowest BCUT2D eigenvalue weighted by Gasteiger charge is -2.56. The number of rotatable bonds is 37. The summed E-state index contributed by atoms with van der Waals surface area (Å²) in [6, 6.07) is 10.7. The number of hydrogen-bond donors (Lipinski definition) is 0. The number of benzene rings is 1. The SMILES string of the molecule is CCCCCCCCCCCCCCCCCCC1(CCCCCCCCCCCCCCCCCC)C2=CC3C(C)C(C)C([Si](C)(C)N(C4CCCCC4)C(C)(C)C)C3C=C2c2ccccc21. The summed E-state index contributed by atoms with van der Waals surface area (Å²) in [4.78, 5) is 0. The van der Waals surface area contributed by atoms with E-state index in [2.05, 4.69) is 103 Å². The molecule has 0 N–H and O–H groups in total. The van der Waals surface area contributed by atoms with Gasteiger partial charge in [-0.15, -0.1) is 0 Å². The predicted octanol–water partition coefficient (Wildman–Crippen LogP) is 22.1. The lowest BCUT2D eigenvalue weighted by molar-refractivity contribution is 0.138. The molecule has 1 aromatic rings. The minimum Gasteiger partial charge on any atom is -0.316 e. The summed E-state index contributed by atoms with van der Waals surface area (Å²) in [5.74, 6) is 2.85. The van der Waals surface area contributed by atoms with Crippen LogP contribution in [0, 0.1) is 23.7 Å². The molecule has 0 aromatic heterocycles. The standard InChI is InChI=1S/C66H117NSi/c1-10-12-14-16-18-20-22-24-26-28-30-32-34-36-38-45-51-66(52-46-39-37-35-33-31-29-27-25-23-21-19-17-15-13-11-2)62-50-44-43-49-58(62)60-53-61-59(54-63(60)66)55(3)56(4)64(61)68(8,9)67(65(5,6)7)57-47-41-40-42-48-57/h43-44,49-50,53-57,59,61,64H,10-42,45-48,51-52H2,1-9H3. The fourth-order valence-corrected chi connectivity index (χ4v) is 21.8. The molecule has 68 heavy (non-hydrogen) atoms. The highest BCUT2D eigenvalue weighted by Crippen LogP contribution is 2.64. The molecular formula is C66H117NSi. The first-order chi connectivity index (χ1) is 33.0. The van der Waals surface area contributed by atoms with Crippen LogP contribution in [0.1, 0.15) is 310 Å². The summed E-state index contributed by atoms with van der Waals surface area (Å²) >= 11 is 0. The van der Waals surface area contributed by atoms with Gasteiger partial charge in [-0.05, 0) is 97.9 Å². The van der Waals surface area contributed by atoms with E-state index < -0.39 is 8.24 Å². The van der Waals surface area contributed by atoms with Crippen LogP contribution in [0.2, 0.25) is 18.6 Å². The van der Waals surface area contributed by atoms with E-state index in [0.29, 0.717) is 11.8 Å². The van der Waals surface area contributed by atoms with Crippen LogP contribution in [0.25, 0.3) is 5.57 Å². The molecule has 1 aromatic carbocycles. The van der Waals surface area contributed by atoms with Gasteiger partial charge in [0.25, 0.3) is 0 Å². The Bertz CT molecular complexity index is 1520. The Morgan fingerprint density at radius 1 is 0.500 bits per heavy atom. The lowest BCUT2D eigenvalue weighted by Crippen LogP contribution is -2.65. The Labute approximate surface area is 427 Å². The van der Waals surface area contributed by atoms with Crippen LogP contribution in [0.4, 0.5) is 0 Å². The highest BCUT2D eigenvalue weighted by molar-refractivity contribution is 6.76. The van der Waals surface area contributed by atoms with Crippen LogP contribution in [-0.2, 0) is 5.41 Å². The first-order valence-electron chi connectivity index (χ1n) is 31.3. The Kier molecular flexibility index (Phi) is 26.2. The zero-order chi connectivity index (χ0) is 48.7. The second-order valence-electron chi connectivity index (χ2n) is 25.8. The third kappa shape index (κ3) is 16.7. The zero-order valence-electron chi connectivity index (χ0n) is 47.5. The minimum atomic E-state index is -1.86. The summed E-state index contributed by atoms with van der Waals surface area (Å²) in [5.41, 5.74) is 8.02. The van der Waals surface area contributed by atoms with Gasteiger partial charge in [0.2, 0.25) is 0 Å². The quantitative estimate of drug-likeness (QED) is 0.0475. The van der Waals surface area contributed by atoms with Gasteiger partial charge in [-0.3, -0.25) is 0 Å². The molecule has 0 spiro atoms. The Balaban J connectivity index is 1.21. The van der Waals surface area contributed by atoms with Gasteiger partial charge in [-0.1, -0.05) is 302 Å². The molecule has 4 aliphatic carbocycles. The topological polar surface area (TPSA) is 3.24 Å². The third-order valence-electron chi connectivity index (χ3n) is 19.1. The van der Waals surface area contributed by atoms with Gasteiger partial charge < -0.3 is 4.57 Å². The average molecular weight is 953 g/mol. The Hall–Kier alpha value is -1.12. The van der Waals surface area contributed by atoms with Gasteiger partial charge in [-0.2, -0.15) is 0 Å². The molecule has 0 bridgehead atoms. The summed E-state index contributed by atoms with van der Waals surface area (Å²) in [7, 11) is -1.86. The fraction of sp³-hybridized carbons (Fsp3) is 0.848. The number of hydrogen-bond acceptors (Lipinski definition) is 1. The Morgan fingerprint density at radius 2 is 0.897 bits per heavy atom. The molecule has 5 rings (SSSR count). The Morgan fingerprint density at radius 3 is 1.31 bits per heavy atom. The van der Waals surface area contributed by atoms with Crippen LogP contribution >= 0.6 is 0 Å². The normalized spacial score (nSPS) is 22.6. The van der Waals surface area contributed by atoms with Gasteiger partial charge in [0.15, 0.2) is 0 Å². The van der Waals surface area contributed by atoms with E-state index in [4.69, 9.17) is 0 Å². The number of unbranched alkanes of at least 4 members (excludes halogenated alkanes) is 30. The van der Waals surface area contributed by atoms with E-state index >= 15 is 0 Å². The van der Waals surface area contributed by atoms with Crippen molar-refractivity contribution in [2.75, 3.05) is 0 Å². The van der Waals surface area contributed by atoms with Crippen LogP contribution in [0.15, 0.2) is 42.0 Å². The summed E-state index contributed by atoms with van der Waals surface area (Å²) in [5, 5.41) is 0. The summed E-state index contributed by atoms with van der Waals surface area (Å²) in [6.45, 7) is 23.4. The van der Waals surface area contributed by atoms with E-state index in [1.807, 2.05) is 0 Å².